The minimum atomic E-state index is -0.690. The Morgan fingerprint density at radius 2 is 1.60 bits per heavy atom. The van der Waals surface area contributed by atoms with Crippen LogP contribution in [0.15, 0.2) is 0 Å². The molecule has 0 spiro atoms. The van der Waals surface area contributed by atoms with Gasteiger partial charge < -0.3 is 5.11 Å². The van der Waals surface area contributed by atoms with E-state index in [1.165, 1.54) is 25.0 Å². The van der Waals surface area contributed by atoms with E-state index in [4.69, 9.17) is 5.11 Å². The molecule has 0 saturated heterocycles. The topological polar surface area (TPSA) is 37.3 Å². The summed E-state index contributed by atoms with van der Waals surface area (Å²) in [5, 5.41) is 8.49. The highest BCUT2D eigenvalue weighted by Crippen LogP contribution is 2.14. The fourth-order valence-corrected chi connectivity index (χ4v) is 3.16. The molecule has 0 saturated carbocycles. The fourth-order valence-electron chi connectivity index (χ4n) is 2.14. The molecular formula is C16H31FO2S. The van der Waals surface area contributed by atoms with Gasteiger partial charge in [-0.2, -0.15) is 11.8 Å². The third-order valence-electron chi connectivity index (χ3n) is 3.34. The summed E-state index contributed by atoms with van der Waals surface area (Å²) in [5.74, 6) is 1.56. The Balaban J connectivity index is 3.04. The maximum Gasteiger partial charge on any atom is 0.303 e. The molecule has 1 N–H and O–H groups in total. The summed E-state index contributed by atoms with van der Waals surface area (Å²) >= 11 is 1.93. The Bertz CT molecular complexity index is 225. The van der Waals surface area contributed by atoms with Gasteiger partial charge >= 0.3 is 5.97 Å². The zero-order valence-corrected chi connectivity index (χ0v) is 13.7. The van der Waals surface area contributed by atoms with Crippen LogP contribution in [0.3, 0.4) is 0 Å². The van der Waals surface area contributed by atoms with Gasteiger partial charge in [-0.1, -0.05) is 39.0 Å². The van der Waals surface area contributed by atoms with Gasteiger partial charge in [0.25, 0.3) is 0 Å². The average molecular weight is 306 g/mol. The number of carboxylic acids is 1. The summed E-state index contributed by atoms with van der Waals surface area (Å²) in [4.78, 5) is 10.3. The molecule has 0 aliphatic rings. The Kier molecular flexibility index (Phi) is 15.0. The lowest BCUT2D eigenvalue weighted by Gasteiger charge is -2.06. The Hall–Kier alpha value is -0.250. The highest BCUT2D eigenvalue weighted by molar-refractivity contribution is 7.99. The largest absolute Gasteiger partial charge is 0.481 e. The summed E-state index contributed by atoms with van der Waals surface area (Å²) in [6.45, 7) is 2.03. The monoisotopic (exact) mass is 306 g/mol. The molecule has 1 atom stereocenters. The van der Waals surface area contributed by atoms with E-state index in [1.54, 1.807) is 0 Å². The molecule has 0 aromatic heterocycles. The van der Waals surface area contributed by atoms with Gasteiger partial charge in [0.2, 0.25) is 0 Å². The minimum absolute atomic E-state index is 0.300. The van der Waals surface area contributed by atoms with E-state index in [1.807, 2.05) is 18.7 Å². The van der Waals surface area contributed by atoms with E-state index in [0.717, 1.165) is 50.7 Å². The SMILES string of the molecule is CCC[C@H](F)CCCCCCCSCCCCC(=O)O. The number of carboxylic acid groups (broad SMARTS) is 1. The third-order valence-corrected chi connectivity index (χ3v) is 4.49. The van der Waals surface area contributed by atoms with Gasteiger partial charge in [0, 0.05) is 6.42 Å². The Morgan fingerprint density at radius 3 is 2.25 bits per heavy atom. The second kappa shape index (κ2) is 15.1. The van der Waals surface area contributed by atoms with Crippen LogP contribution < -0.4 is 0 Å². The highest BCUT2D eigenvalue weighted by Gasteiger charge is 2.03. The molecule has 0 aliphatic carbocycles. The Morgan fingerprint density at radius 1 is 1.00 bits per heavy atom. The van der Waals surface area contributed by atoms with Crippen LogP contribution in [-0.4, -0.2) is 28.8 Å². The molecule has 0 unspecified atom stereocenters. The van der Waals surface area contributed by atoms with Crippen LogP contribution in [-0.2, 0) is 4.79 Å². The van der Waals surface area contributed by atoms with Crippen molar-refractivity contribution in [2.45, 2.75) is 83.7 Å². The summed E-state index contributed by atoms with van der Waals surface area (Å²) in [6, 6.07) is 0. The number of aliphatic carboxylic acids is 1. The average Bonchev–Trinajstić information content (AvgIpc) is 2.40. The third kappa shape index (κ3) is 15.8. The molecule has 0 radical (unpaired) electrons. The first-order chi connectivity index (χ1) is 9.66. The predicted molar refractivity (Wildman–Crippen MR) is 86.3 cm³/mol. The van der Waals surface area contributed by atoms with Gasteiger partial charge in [-0.25, -0.2) is 4.39 Å². The molecule has 0 bridgehead atoms. The number of hydrogen-bond donors (Lipinski definition) is 1. The summed E-state index contributed by atoms with van der Waals surface area (Å²) in [5.41, 5.74) is 0. The number of hydrogen-bond acceptors (Lipinski definition) is 2. The first-order valence-corrected chi connectivity index (χ1v) is 9.26. The first-order valence-electron chi connectivity index (χ1n) is 8.10. The number of carbonyl (C=O) groups is 1. The second-order valence-electron chi connectivity index (χ2n) is 5.41. The van der Waals surface area contributed by atoms with Gasteiger partial charge in [0.1, 0.15) is 6.17 Å². The van der Waals surface area contributed by atoms with E-state index >= 15 is 0 Å². The van der Waals surface area contributed by atoms with Crippen molar-refractivity contribution in [3.63, 3.8) is 0 Å². The summed E-state index contributed by atoms with van der Waals surface area (Å²) < 4.78 is 13.2. The molecule has 2 nitrogen and oxygen atoms in total. The highest BCUT2D eigenvalue weighted by atomic mass is 32.2. The van der Waals surface area contributed by atoms with Crippen LogP contribution in [0.25, 0.3) is 0 Å². The maximum atomic E-state index is 13.2. The molecule has 0 aromatic carbocycles. The quantitative estimate of drug-likeness (QED) is 0.409. The van der Waals surface area contributed by atoms with Crippen molar-refractivity contribution in [2.75, 3.05) is 11.5 Å². The van der Waals surface area contributed by atoms with Crippen LogP contribution in [0.1, 0.15) is 77.6 Å². The van der Waals surface area contributed by atoms with E-state index in [-0.39, 0.29) is 0 Å². The molecule has 0 amide bonds. The van der Waals surface area contributed by atoms with Crippen molar-refractivity contribution < 1.29 is 14.3 Å². The molecule has 0 fully saturated rings. The van der Waals surface area contributed by atoms with Crippen molar-refractivity contribution in [3.05, 3.63) is 0 Å². The smallest absolute Gasteiger partial charge is 0.303 e. The van der Waals surface area contributed by atoms with Crippen LogP contribution in [0.5, 0.6) is 0 Å². The van der Waals surface area contributed by atoms with E-state index in [2.05, 4.69) is 0 Å². The molecule has 4 heteroatoms. The zero-order chi connectivity index (χ0) is 15.1. The standard InChI is InChI=1S/C16H31FO2S/c1-2-10-15(17)11-6-4-3-5-8-13-20-14-9-7-12-16(18)19/h15H,2-14H2,1H3,(H,18,19)/t15-/m0/s1. The van der Waals surface area contributed by atoms with Crippen LogP contribution in [0.2, 0.25) is 0 Å². The summed E-state index contributed by atoms with van der Waals surface area (Å²) in [6.07, 6.45) is 9.82. The number of thioether (sulfide) groups is 1. The molecular weight excluding hydrogens is 275 g/mol. The summed E-state index contributed by atoms with van der Waals surface area (Å²) in [7, 11) is 0. The number of alkyl halides is 1. The van der Waals surface area contributed by atoms with E-state index < -0.39 is 12.1 Å². The lowest BCUT2D eigenvalue weighted by Crippen LogP contribution is -1.98. The number of rotatable bonds is 15. The lowest BCUT2D eigenvalue weighted by molar-refractivity contribution is -0.137. The van der Waals surface area contributed by atoms with Crippen LogP contribution >= 0.6 is 11.8 Å². The first kappa shape index (κ1) is 19.8. The lowest BCUT2D eigenvalue weighted by atomic mass is 10.1. The van der Waals surface area contributed by atoms with E-state index in [9.17, 15) is 9.18 Å². The normalized spacial score (nSPS) is 12.5. The zero-order valence-electron chi connectivity index (χ0n) is 12.9. The second-order valence-corrected chi connectivity index (χ2v) is 6.63. The Labute approximate surface area is 127 Å². The van der Waals surface area contributed by atoms with E-state index in [0.29, 0.717) is 6.42 Å². The number of halogens is 1. The van der Waals surface area contributed by atoms with Crippen molar-refractivity contribution >= 4 is 17.7 Å². The van der Waals surface area contributed by atoms with Gasteiger partial charge in [0.05, 0.1) is 0 Å². The van der Waals surface area contributed by atoms with Gasteiger partial charge in [-0.15, -0.1) is 0 Å². The molecule has 20 heavy (non-hydrogen) atoms. The van der Waals surface area contributed by atoms with Crippen LogP contribution in [0.4, 0.5) is 4.39 Å². The molecule has 0 rings (SSSR count). The predicted octanol–water partition coefficient (Wildman–Crippen LogP) is 5.45. The molecule has 0 aromatic rings. The van der Waals surface area contributed by atoms with Crippen LogP contribution in [0, 0.1) is 0 Å². The maximum absolute atomic E-state index is 13.2. The van der Waals surface area contributed by atoms with Crippen molar-refractivity contribution in [1.29, 1.82) is 0 Å². The fraction of sp³-hybridized carbons (Fsp3) is 0.938. The van der Waals surface area contributed by atoms with Crippen molar-refractivity contribution in [3.8, 4) is 0 Å². The van der Waals surface area contributed by atoms with Crippen molar-refractivity contribution in [2.24, 2.45) is 0 Å². The minimum Gasteiger partial charge on any atom is -0.481 e. The molecule has 120 valence electrons. The van der Waals surface area contributed by atoms with Gasteiger partial charge in [0.15, 0.2) is 0 Å². The van der Waals surface area contributed by atoms with Gasteiger partial charge in [-0.05, 0) is 43.6 Å². The van der Waals surface area contributed by atoms with Crippen molar-refractivity contribution in [1.82, 2.24) is 0 Å². The molecule has 0 heterocycles. The molecule has 0 aliphatic heterocycles. The number of unbranched alkanes of at least 4 members (excludes halogenated alkanes) is 5. The van der Waals surface area contributed by atoms with Gasteiger partial charge in [-0.3, -0.25) is 4.79 Å².